The number of carbonyl (C=O) groups is 1. The molecule has 35 heavy (non-hydrogen) atoms. The lowest BCUT2D eigenvalue weighted by Crippen LogP contribution is -2.37. The Balaban J connectivity index is 1.59. The lowest BCUT2D eigenvalue weighted by Gasteiger charge is -2.15. The molecule has 9 heteroatoms. The third-order valence-electron chi connectivity index (χ3n) is 5.89. The lowest BCUT2D eigenvalue weighted by molar-refractivity contribution is -0.124. The molecule has 0 radical (unpaired) electrons. The van der Waals surface area contributed by atoms with E-state index in [9.17, 15) is 9.59 Å². The van der Waals surface area contributed by atoms with E-state index in [2.05, 4.69) is 10.4 Å². The fraction of sp³-hybridized carbons (Fsp3) is 0.154. The van der Waals surface area contributed by atoms with E-state index in [0.717, 1.165) is 11.3 Å². The molecular formula is C26H23ClN6O2. The summed E-state index contributed by atoms with van der Waals surface area (Å²) in [7, 11) is 0. The zero-order chi connectivity index (χ0) is 24.5. The quantitative estimate of drug-likeness (QED) is 0.389. The molecule has 0 unspecified atom stereocenters. The Hall–Kier alpha value is -4.17. The molecule has 0 aliphatic carbocycles. The smallest absolute Gasteiger partial charge is 0.280 e. The average molecular weight is 487 g/mol. The van der Waals surface area contributed by atoms with Crippen LogP contribution in [0.2, 0.25) is 5.02 Å². The van der Waals surface area contributed by atoms with Gasteiger partial charge in [0.25, 0.3) is 5.56 Å². The Morgan fingerprint density at radius 1 is 1.00 bits per heavy atom. The zero-order valence-electron chi connectivity index (χ0n) is 19.2. The molecule has 2 aromatic carbocycles. The number of benzene rings is 2. The summed E-state index contributed by atoms with van der Waals surface area (Å²) in [4.78, 5) is 26.7. The Labute approximate surface area is 206 Å². The summed E-state index contributed by atoms with van der Waals surface area (Å²) in [5.41, 5.74) is 2.25. The molecule has 0 aliphatic heterocycles. The lowest BCUT2D eigenvalue weighted by atomic mass is 10.2. The third-order valence-corrected chi connectivity index (χ3v) is 6.26. The first-order valence-electron chi connectivity index (χ1n) is 11.2. The van der Waals surface area contributed by atoms with E-state index in [1.807, 2.05) is 77.6 Å². The number of hydrogen-bond donors (Lipinski definition) is 1. The van der Waals surface area contributed by atoms with Gasteiger partial charge in [-0.15, -0.1) is 0 Å². The number of hydrogen-bond acceptors (Lipinski definition) is 4. The van der Waals surface area contributed by atoms with Crippen molar-refractivity contribution in [3.63, 3.8) is 0 Å². The minimum Gasteiger partial charge on any atom is -0.350 e. The van der Waals surface area contributed by atoms with Crippen LogP contribution in [0.3, 0.4) is 0 Å². The molecule has 176 valence electrons. The number of amides is 1. The van der Waals surface area contributed by atoms with Crippen molar-refractivity contribution in [2.24, 2.45) is 0 Å². The summed E-state index contributed by atoms with van der Waals surface area (Å²) >= 11 is 6.20. The molecule has 8 nitrogen and oxygen atoms in total. The zero-order valence-corrected chi connectivity index (χ0v) is 20.0. The van der Waals surface area contributed by atoms with E-state index in [4.69, 9.17) is 16.7 Å². The molecule has 5 aromatic rings. The van der Waals surface area contributed by atoms with Gasteiger partial charge < -0.3 is 9.88 Å². The predicted molar refractivity (Wildman–Crippen MR) is 135 cm³/mol. The van der Waals surface area contributed by atoms with Crippen molar-refractivity contribution >= 4 is 28.4 Å². The third kappa shape index (κ3) is 4.13. The number of halogens is 1. The monoisotopic (exact) mass is 486 g/mol. The maximum Gasteiger partial charge on any atom is 0.280 e. The minimum atomic E-state index is -0.842. The van der Waals surface area contributed by atoms with Gasteiger partial charge in [0.05, 0.1) is 11.4 Å². The SMILES string of the molecule is Cc1nn([C@H](C)C(=O)NCc2ccccc2Cl)c(=O)c2c(-n3cccc3)n(-c3ccccc3)nc12. The molecule has 0 aliphatic rings. The van der Waals surface area contributed by atoms with E-state index in [0.29, 0.717) is 27.4 Å². The van der Waals surface area contributed by atoms with Crippen molar-refractivity contribution in [1.82, 2.24) is 29.4 Å². The van der Waals surface area contributed by atoms with Gasteiger partial charge in [-0.05, 0) is 49.7 Å². The number of nitrogens with one attached hydrogen (secondary N) is 1. The van der Waals surface area contributed by atoms with E-state index in [1.54, 1.807) is 24.6 Å². The Morgan fingerprint density at radius 2 is 1.69 bits per heavy atom. The molecule has 0 spiro atoms. The summed E-state index contributed by atoms with van der Waals surface area (Å²) in [5.74, 6) is 0.250. The van der Waals surface area contributed by atoms with Crippen LogP contribution >= 0.6 is 11.6 Å². The van der Waals surface area contributed by atoms with Crippen molar-refractivity contribution in [3.05, 3.63) is 106 Å². The molecule has 3 heterocycles. The fourth-order valence-electron chi connectivity index (χ4n) is 4.04. The van der Waals surface area contributed by atoms with Crippen LogP contribution in [0.4, 0.5) is 0 Å². The van der Waals surface area contributed by atoms with Gasteiger partial charge in [0.1, 0.15) is 16.9 Å². The number of aromatic nitrogens is 5. The number of para-hydroxylation sites is 1. The van der Waals surface area contributed by atoms with E-state index in [1.165, 1.54) is 4.68 Å². The molecule has 1 amide bonds. The van der Waals surface area contributed by atoms with Gasteiger partial charge in [-0.25, -0.2) is 9.36 Å². The van der Waals surface area contributed by atoms with Crippen molar-refractivity contribution in [3.8, 4) is 11.5 Å². The highest BCUT2D eigenvalue weighted by molar-refractivity contribution is 6.31. The van der Waals surface area contributed by atoms with Crippen LogP contribution in [0.15, 0.2) is 83.9 Å². The summed E-state index contributed by atoms with van der Waals surface area (Å²) in [6.45, 7) is 3.69. The first-order chi connectivity index (χ1) is 17.0. The Bertz CT molecular complexity index is 1570. The van der Waals surface area contributed by atoms with Gasteiger partial charge in [0.2, 0.25) is 5.91 Å². The summed E-state index contributed by atoms with van der Waals surface area (Å²) < 4.78 is 4.80. The van der Waals surface area contributed by atoms with Gasteiger partial charge in [0.15, 0.2) is 5.82 Å². The highest BCUT2D eigenvalue weighted by atomic mass is 35.5. The summed E-state index contributed by atoms with van der Waals surface area (Å²) in [6, 6.07) is 19.8. The first kappa shape index (κ1) is 22.6. The molecule has 3 aromatic heterocycles. The maximum absolute atomic E-state index is 13.7. The average Bonchev–Trinajstić information content (AvgIpc) is 3.54. The molecule has 5 rings (SSSR count). The van der Waals surface area contributed by atoms with Gasteiger partial charge in [-0.2, -0.15) is 10.2 Å². The predicted octanol–water partition coefficient (Wildman–Crippen LogP) is 4.21. The van der Waals surface area contributed by atoms with Crippen LogP contribution in [-0.4, -0.2) is 30.0 Å². The van der Waals surface area contributed by atoms with Crippen molar-refractivity contribution in [2.75, 3.05) is 0 Å². The highest BCUT2D eigenvalue weighted by Gasteiger charge is 2.25. The fourth-order valence-corrected chi connectivity index (χ4v) is 4.24. The molecular weight excluding hydrogens is 464 g/mol. The number of carbonyl (C=O) groups excluding carboxylic acids is 1. The van der Waals surface area contributed by atoms with Crippen LogP contribution in [0, 0.1) is 6.92 Å². The van der Waals surface area contributed by atoms with Crippen molar-refractivity contribution in [2.45, 2.75) is 26.4 Å². The van der Waals surface area contributed by atoms with E-state index < -0.39 is 11.6 Å². The first-order valence-corrected chi connectivity index (χ1v) is 11.6. The molecule has 1 N–H and O–H groups in total. The number of nitrogens with zero attached hydrogens (tertiary/aromatic N) is 5. The Kier molecular flexibility index (Phi) is 5.96. The second-order valence-corrected chi connectivity index (χ2v) is 8.61. The minimum absolute atomic E-state index is 0.249. The van der Waals surface area contributed by atoms with Crippen LogP contribution in [0.1, 0.15) is 24.2 Å². The van der Waals surface area contributed by atoms with Crippen molar-refractivity contribution < 1.29 is 4.79 Å². The van der Waals surface area contributed by atoms with Crippen LogP contribution in [0.25, 0.3) is 22.4 Å². The van der Waals surface area contributed by atoms with Gasteiger partial charge in [-0.1, -0.05) is 48.0 Å². The number of rotatable bonds is 6. The normalized spacial score (nSPS) is 12.1. The standard InChI is InChI=1S/C26H23ClN6O2/c1-17-23-22(25(31-14-8-9-15-31)33(30-23)20-11-4-3-5-12-20)26(35)32(29-17)18(2)24(34)28-16-19-10-6-7-13-21(19)27/h3-15,18H,16H2,1-2H3,(H,28,34)/t18-/m1/s1. The van der Waals surface area contributed by atoms with Gasteiger partial charge in [-0.3, -0.25) is 9.59 Å². The topological polar surface area (TPSA) is 86.7 Å². The van der Waals surface area contributed by atoms with E-state index in [-0.39, 0.29) is 12.5 Å². The maximum atomic E-state index is 13.7. The summed E-state index contributed by atoms with van der Waals surface area (Å²) in [6.07, 6.45) is 3.71. The van der Waals surface area contributed by atoms with Crippen molar-refractivity contribution in [1.29, 1.82) is 0 Å². The molecule has 0 bridgehead atoms. The molecule has 0 saturated heterocycles. The second kappa shape index (κ2) is 9.23. The van der Waals surface area contributed by atoms with Crippen LogP contribution in [0.5, 0.6) is 0 Å². The number of aryl methyl sites for hydroxylation is 1. The second-order valence-electron chi connectivity index (χ2n) is 8.21. The van der Waals surface area contributed by atoms with Gasteiger partial charge in [0, 0.05) is 24.0 Å². The molecule has 0 fully saturated rings. The number of fused-ring (bicyclic) bond motifs is 1. The van der Waals surface area contributed by atoms with Crippen LogP contribution in [-0.2, 0) is 11.3 Å². The van der Waals surface area contributed by atoms with Gasteiger partial charge >= 0.3 is 0 Å². The Morgan fingerprint density at radius 3 is 2.40 bits per heavy atom. The molecule has 1 atom stereocenters. The molecule has 0 saturated carbocycles. The van der Waals surface area contributed by atoms with E-state index >= 15 is 0 Å². The summed E-state index contributed by atoms with van der Waals surface area (Å²) in [5, 5.41) is 13.0. The highest BCUT2D eigenvalue weighted by Crippen LogP contribution is 2.25. The van der Waals surface area contributed by atoms with Crippen LogP contribution < -0.4 is 10.9 Å². The largest absolute Gasteiger partial charge is 0.350 e.